The second-order valence-electron chi connectivity index (χ2n) is 6.77. The maximum Gasteiger partial charge on any atom is 0.269 e. The van der Waals surface area contributed by atoms with Crippen molar-refractivity contribution in [1.29, 1.82) is 0 Å². The van der Waals surface area contributed by atoms with E-state index >= 15 is 0 Å². The van der Waals surface area contributed by atoms with Gasteiger partial charge in [-0.05, 0) is 42.0 Å². The lowest BCUT2D eigenvalue weighted by Gasteiger charge is -2.04. The number of hydrogen-bond donors (Lipinski definition) is 1. The van der Waals surface area contributed by atoms with Gasteiger partial charge in [0.2, 0.25) is 5.91 Å². The zero-order valence-electron chi connectivity index (χ0n) is 16.6. The van der Waals surface area contributed by atoms with Gasteiger partial charge in [0.25, 0.3) is 5.69 Å². The maximum atomic E-state index is 12.3. The molecule has 0 aliphatic rings. The van der Waals surface area contributed by atoms with Crippen LogP contribution in [0.4, 0.5) is 11.4 Å². The van der Waals surface area contributed by atoms with Gasteiger partial charge in [-0.3, -0.25) is 14.9 Å². The predicted octanol–water partition coefficient (Wildman–Crippen LogP) is 6.69. The molecule has 0 radical (unpaired) electrons. The molecule has 0 aliphatic heterocycles. The summed E-state index contributed by atoms with van der Waals surface area (Å²) in [5, 5.41) is 17.0. The van der Waals surface area contributed by atoms with Crippen LogP contribution >= 0.6 is 22.9 Å². The highest BCUT2D eigenvalue weighted by Crippen LogP contribution is 2.33. The Balaban J connectivity index is 1.46. The molecule has 1 amide bonds. The molecule has 1 N–H and O–H groups in total. The van der Waals surface area contributed by atoms with Crippen molar-refractivity contribution < 1.29 is 9.72 Å². The van der Waals surface area contributed by atoms with Crippen LogP contribution in [-0.2, 0) is 4.79 Å². The summed E-state index contributed by atoms with van der Waals surface area (Å²) in [6, 6.07) is 20.9. The summed E-state index contributed by atoms with van der Waals surface area (Å²) >= 11 is 7.78. The molecule has 0 spiro atoms. The van der Waals surface area contributed by atoms with Crippen molar-refractivity contribution in [3.05, 3.63) is 105 Å². The number of nitrogens with zero attached hydrogens (tertiary/aromatic N) is 2. The summed E-state index contributed by atoms with van der Waals surface area (Å²) < 4.78 is 0. The first-order chi connectivity index (χ1) is 15.5. The number of halogens is 1. The lowest BCUT2D eigenvalue weighted by atomic mass is 10.1. The summed E-state index contributed by atoms with van der Waals surface area (Å²) in [6.07, 6.45) is 2.98. The fraction of sp³-hybridized carbons (Fsp3) is 0. The number of non-ortho nitro benzene ring substituents is 1. The Hall–Kier alpha value is -3.81. The van der Waals surface area contributed by atoms with Gasteiger partial charge < -0.3 is 5.32 Å². The van der Waals surface area contributed by atoms with E-state index in [2.05, 4.69) is 10.3 Å². The molecule has 0 saturated carbocycles. The van der Waals surface area contributed by atoms with Gasteiger partial charge in [-0.15, -0.1) is 11.3 Å². The summed E-state index contributed by atoms with van der Waals surface area (Å²) in [7, 11) is 0. The van der Waals surface area contributed by atoms with E-state index in [-0.39, 0.29) is 11.6 Å². The SMILES string of the molecule is O=C(/C=C/c1ccc([N+](=O)[O-])cc1)Nc1cccc(-c2csc(-c3ccccc3Cl)n2)c1. The molecule has 8 heteroatoms. The van der Waals surface area contributed by atoms with Crippen LogP contribution in [0.5, 0.6) is 0 Å². The van der Waals surface area contributed by atoms with Crippen LogP contribution < -0.4 is 5.32 Å². The van der Waals surface area contributed by atoms with Gasteiger partial charge in [0, 0.05) is 40.4 Å². The van der Waals surface area contributed by atoms with Gasteiger partial charge >= 0.3 is 0 Å². The standard InChI is InChI=1S/C24H16ClN3O3S/c25-21-7-2-1-6-20(21)24-27-22(15-32-24)17-4-3-5-18(14-17)26-23(29)13-10-16-8-11-19(12-9-16)28(30)31/h1-15H,(H,26,29)/b13-10+. The van der Waals surface area contributed by atoms with E-state index in [4.69, 9.17) is 11.6 Å². The van der Waals surface area contributed by atoms with Crippen LogP contribution in [0.2, 0.25) is 5.02 Å². The Morgan fingerprint density at radius 1 is 1.06 bits per heavy atom. The Labute approximate surface area is 193 Å². The van der Waals surface area contributed by atoms with Crippen molar-refractivity contribution >= 4 is 46.3 Å². The summed E-state index contributed by atoms with van der Waals surface area (Å²) in [4.78, 5) is 27.2. The van der Waals surface area contributed by atoms with Crippen molar-refractivity contribution in [2.75, 3.05) is 5.32 Å². The van der Waals surface area contributed by atoms with Gasteiger partial charge in [0.05, 0.1) is 15.6 Å². The van der Waals surface area contributed by atoms with Crippen molar-refractivity contribution in [3.8, 4) is 21.8 Å². The number of benzene rings is 3. The zero-order valence-corrected chi connectivity index (χ0v) is 18.1. The van der Waals surface area contributed by atoms with Gasteiger partial charge in [-0.2, -0.15) is 0 Å². The number of carbonyl (C=O) groups excluding carboxylic acids is 1. The van der Waals surface area contributed by atoms with E-state index < -0.39 is 4.92 Å². The number of nitrogens with one attached hydrogen (secondary N) is 1. The third-order valence-electron chi connectivity index (χ3n) is 4.57. The number of anilines is 1. The first kappa shape index (κ1) is 21.4. The topological polar surface area (TPSA) is 85.1 Å². The second-order valence-corrected chi connectivity index (χ2v) is 8.04. The molecule has 0 unspecified atom stereocenters. The van der Waals surface area contributed by atoms with Gasteiger partial charge in [-0.25, -0.2) is 4.98 Å². The molecule has 1 aromatic heterocycles. The average molecular weight is 462 g/mol. The highest BCUT2D eigenvalue weighted by atomic mass is 35.5. The molecule has 6 nitrogen and oxygen atoms in total. The summed E-state index contributed by atoms with van der Waals surface area (Å²) in [6.45, 7) is 0. The monoisotopic (exact) mass is 461 g/mol. The Morgan fingerprint density at radius 3 is 2.59 bits per heavy atom. The predicted molar refractivity (Wildman–Crippen MR) is 129 cm³/mol. The normalized spacial score (nSPS) is 10.9. The highest BCUT2D eigenvalue weighted by molar-refractivity contribution is 7.13. The van der Waals surface area contributed by atoms with E-state index in [0.29, 0.717) is 16.3 Å². The van der Waals surface area contributed by atoms with Crippen molar-refractivity contribution in [2.24, 2.45) is 0 Å². The van der Waals surface area contributed by atoms with Crippen LogP contribution in [0.25, 0.3) is 27.9 Å². The minimum absolute atomic E-state index is 0.00292. The Kier molecular flexibility index (Phi) is 6.39. The fourth-order valence-corrected chi connectivity index (χ4v) is 4.13. The number of carbonyl (C=O) groups is 1. The lowest BCUT2D eigenvalue weighted by molar-refractivity contribution is -0.384. The molecule has 4 rings (SSSR count). The zero-order chi connectivity index (χ0) is 22.5. The van der Waals surface area contributed by atoms with Crippen LogP contribution in [0.15, 0.2) is 84.3 Å². The van der Waals surface area contributed by atoms with Gasteiger partial charge in [-0.1, -0.05) is 41.9 Å². The molecule has 0 aliphatic carbocycles. The molecule has 32 heavy (non-hydrogen) atoms. The van der Waals surface area contributed by atoms with Crippen LogP contribution in [0.3, 0.4) is 0 Å². The number of rotatable bonds is 6. The maximum absolute atomic E-state index is 12.3. The summed E-state index contributed by atoms with van der Waals surface area (Å²) in [5.74, 6) is -0.310. The molecule has 0 bridgehead atoms. The Morgan fingerprint density at radius 2 is 1.84 bits per heavy atom. The van der Waals surface area contributed by atoms with Crippen LogP contribution in [0.1, 0.15) is 5.56 Å². The smallest absolute Gasteiger partial charge is 0.269 e. The third-order valence-corrected chi connectivity index (χ3v) is 5.77. The number of hydrogen-bond acceptors (Lipinski definition) is 5. The lowest BCUT2D eigenvalue weighted by Crippen LogP contribution is -2.07. The van der Waals surface area contributed by atoms with E-state index in [1.807, 2.05) is 47.8 Å². The first-order valence-electron chi connectivity index (χ1n) is 9.54. The summed E-state index contributed by atoms with van der Waals surface area (Å²) in [5.41, 5.74) is 3.87. The highest BCUT2D eigenvalue weighted by Gasteiger charge is 2.10. The molecule has 0 saturated heterocycles. The average Bonchev–Trinajstić information content (AvgIpc) is 3.28. The van der Waals surface area contributed by atoms with Crippen LogP contribution in [0, 0.1) is 10.1 Å². The molecular formula is C24H16ClN3O3S. The minimum Gasteiger partial charge on any atom is -0.322 e. The number of amides is 1. The molecule has 4 aromatic rings. The van der Waals surface area contributed by atoms with Crippen molar-refractivity contribution in [3.63, 3.8) is 0 Å². The molecule has 3 aromatic carbocycles. The van der Waals surface area contributed by atoms with E-state index in [1.165, 1.54) is 29.5 Å². The number of nitro groups is 1. The largest absolute Gasteiger partial charge is 0.322 e. The van der Waals surface area contributed by atoms with Crippen LogP contribution in [-0.4, -0.2) is 15.8 Å². The van der Waals surface area contributed by atoms with Crippen molar-refractivity contribution in [2.45, 2.75) is 0 Å². The van der Waals surface area contributed by atoms with E-state index in [0.717, 1.165) is 21.8 Å². The van der Waals surface area contributed by atoms with Gasteiger partial charge in [0.15, 0.2) is 0 Å². The molecular weight excluding hydrogens is 446 g/mol. The van der Waals surface area contributed by atoms with Gasteiger partial charge in [0.1, 0.15) is 5.01 Å². The number of thiazole rings is 1. The molecule has 0 fully saturated rings. The quantitative estimate of drug-likeness (QED) is 0.197. The number of aromatic nitrogens is 1. The molecule has 0 atom stereocenters. The number of nitro benzene ring substituents is 1. The van der Waals surface area contributed by atoms with Crippen molar-refractivity contribution in [1.82, 2.24) is 4.98 Å². The second kappa shape index (κ2) is 9.55. The molecule has 1 heterocycles. The fourth-order valence-electron chi connectivity index (χ4n) is 2.98. The third kappa shape index (κ3) is 5.08. The molecule has 158 valence electrons. The minimum atomic E-state index is -0.465. The van der Waals surface area contributed by atoms with E-state index in [1.54, 1.807) is 24.3 Å². The Bertz CT molecular complexity index is 1320. The first-order valence-corrected chi connectivity index (χ1v) is 10.8. The van der Waals surface area contributed by atoms with E-state index in [9.17, 15) is 14.9 Å².